The largest absolute Gasteiger partial charge is 0.394 e. The van der Waals surface area contributed by atoms with E-state index in [0.717, 1.165) is 25.0 Å². The number of fused-ring (bicyclic) bond motifs is 1. The van der Waals surface area contributed by atoms with E-state index in [-0.39, 0.29) is 18.8 Å². The quantitative estimate of drug-likeness (QED) is 0.455. The first-order chi connectivity index (χ1) is 11.6. The van der Waals surface area contributed by atoms with Crippen LogP contribution in [0.1, 0.15) is 39.2 Å². The van der Waals surface area contributed by atoms with Crippen LogP contribution in [0.25, 0.3) is 11.2 Å². The molecule has 0 saturated heterocycles. The van der Waals surface area contributed by atoms with Crippen LogP contribution in [-0.4, -0.2) is 55.1 Å². The third-order valence-electron chi connectivity index (χ3n) is 4.25. The van der Waals surface area contributed by atoms with Gasteiger partial charge in [-0.05, 0) is 25.2 Å². The smallest absolute Gasteiger partial charge is 0.191 e. The van der Waals surface area contributed by atoms with Crippen molar-refractivity contribution in [2.75, 3.05) is 19.0 Å². The second-order valence-corrected chi connectivity index (χ2v) is 7.50. The molecule has 0 radical (unpaired) electrons. The van der Waals surface area contributed by atoms with Crippen LogP contribution >= 0.6 is 23.4 Å². The third-order valence-corrected chi connectivity index (χ3v) is 5.57. The molecule has 3 rings (SSSR count). The molecule has 0 bridgehead atoms. The lowest BCUT2D eigenvalue weighted by molar-refractivity contribution is 0.0298. The topological polar surface area (TPSA) is 86.0 Å². The minimum atomic E-state index is 0.0443. The molecule has 1 N–H and O–H groups in total. The van der Waals surface area contributed by atoms with Crippen LogP contribution in [0.4, 0.5) is 0 Å². The number of rotatable bonds is 7. The molecule has 7 nitrogen and oxygen atoms in total. The first-order valence-electron chi connectivity index (χ1n) is 8.27. The second kappa shape index (κ2) is 7.95. The fourth-order valence-corrected chi connectivity index (χ4v) is 4.07. The molecule has 1 aliphatic carbocycles. The van der Waals surface area contributed by atoms with Crippen LogP contribution < -0.4 is 0 Å². The molecule has 132 valence electrons. The van der Waals surface area contributed by atoms with Crippen molar-refractivity contribution in [3.63, 3.8) is 0 Å². The van der Waals surface area contributed by atoms with Crippen molar-refractivity contribution in [3.8, 4) is 0 Å². The van der Waals surface area contributed by atoms with Crippen LogP contribution in [0.15, 0.2) is 5.16 Å². The zero-order valence-electron chi connectivity index (χ0n) is 13.9. The zero-order chi connectivity index (χ0) is 17.1. The summed E-state index contributed by atoms with van der Waals surface area (Å²) in [4.78, 5) is 8.93. The van der Waals surface area contributed by atoms with Crippen LogP contribution in [0.5, 0.6) is 0 Å². The molecule has 1 saturated carbocycles. The van der Waals surface area contributed by atoms with E-state index < -0.39 is 0 Å². The number of aliphatic hydroxyl groups excluding tert-OH is 1. The summed E-state index contributed by atoms with van der Waals surface area (Å²) in [5.74, 6) is 1.33. The van der Waals surface area contributed by atoms with Gasteiger partial charge in [-0.1, -0.05) is 42.4 Å². The lowest BCUT2D eigenvalue weighted by Crippen LogP contribution is -2.15. The van der Waals surface area contributed by atoms with Gasteiger partial charge in [-0.2, -0.15) is 0 Å². The highest BCUT2D eigenvalue weighted by Gasteiger charge is 2.35. The second-order valence-electron chi connectivity index (χ2n) is 6.08. The van der Waals surface area contributed by atoms with Crippen LogP contribution in [0.2, 0.25) is 5.15 Å². The maximum atomic E-state index is 8.93. The first kappa shape index (κ1) is 17.8. The van der Waals surface area contributed by atoms with Gasteiger partial charge in [0.05, 0.1) is 25.4 Å². The summed E-state index contributed by atoms with van der Waals surface area (Å²) < 4.78 is 7.56. The highest BCUT2D eigenvalue weighted by Crippen LogP contribution is 2.38. The summed E-state index contributed by atoms with van der Waals surface area (Å²) in [6.45, 7) is 4.71. The van der Waals surface area contributed by atoms with Crippen LogP contribution in [0.3, 0.4) is 0 Å². The Kier molecular flexibility index (Phi) is 5.91. The summed E-state index contributed by atoms with van der Waals surface area (Å²) >= 11 is 7.85. The van der Waals surface area contributed by atoms with E-state index in [9.17, 15) is 0 Å². The lowest BCUT2D eigenvalue weighted by atomic mass is 10.1. The summed E-state index contributed by atoms with van der Waals surface area (Å²) in [7, 11) is 0. The van der Waals surface area contributed by atoms with Gasteiger partial charge in [-0.25, -0.2) is 14.6 Å². The van der Waals surface area contributed by atoms with Gasteiger partial charge in [0.25, 0.3) is 0 Å². The molecule has 2 aromatic heterocycles. The minimum absolute atomic E-state index is 0.0443. The van der Waals surface area contributed by atoms with Gasteiger partial charge in [0.1, 0.15) is 0 Å². The molecule has 0 amide bonds. The predicted molar refractivity (Wildman–Crippen MR) is 93.4 cm³/mol. The maximum absolute atomic E-state index is 8.93. The molecule has 2 aromatic rings. The number of aromatic nitrogens is 5. The van der Waals surface area contributed by atoms with Crippen molar-refractivity contribution in [3.05, 3.63) is 5.15 Å². The van der Waals surface area contributed by atoms with Crippen LogP contribution in [0, 0.1) is 5.92 Å². The number of ether oxygens (including phenoxy) is 1. The van der Waals surface area contributed by atoms with Gasteiger partial charge in [0.2, 0.25) is 0 Å². The summed E-state index contributed by atoms with van der Waals surface area (Å²) in [5.41, 5.74) is 1.23. The average molecular weight is 372 g/mol. The molecular formula is C15H22ClN5O2S. The number of hydrogen-bond acceptors (Lipinski definition) is 7. The van der Waals surface area contributed by atoms with Gasteiger partial charge in [-0.3, -0.25) is 0 Å². The van der Waals surface area contributed by atoms with Crippen molar-refractivity contribution in [2.45, 2.75) is 50.4 Å². The van der Waals surface area contributed by atoms with E-state index in [0.29, 0.717) is 34.0 Å². The minimum Gasteiger partial charge on any atom is -0.394 e. The Labute approximate surface area is 150 Å². The number of nitrogens with zero attached hydrogens (tertiary/aromatic N) is 5. The highest BCUT2D eigenvalue weighted by molar-refractivity contribution is 7.99. The molecule has 0 spiro atoms. The van der Waals surface area contributed by atoms with E-state index in [1.54, 1.807) is 11.8 Å². The summed E-state index contributed by atoms with van der Waals surface area (Å²) in [5, 5.41) is 18.4. The predicted octanol–water partition coefficient (Wildman–Crippen LogP) is 2.73. The molecule has 0 aliphatic heterocycles. The van der Waals surface area contributed by atoms with Gasteiger partial charge in [-0.15, -0.1) is 5.10 Å². The standard InChI is InChI=1S/C15H22ClN5O2S/c1-3-6-24-15-17-13(16)12-14(18-15)21(20-19-12)11-8-10(7-9(11)2)23-5-4-22/h9-11,22H,3-8H2,1-2H3/t9?,10-,11-/m1/s1. The first-order valence-corrected chi connectivity index (χ1v) is 9.64. The average Bonchev–Trinajstić information content (AvgIpc) is 3.14. The van der Waals surface area contributed by atoms with Gasteiger partial charge in [0, 0.05) is 5.75 Å². The van der Waals surface area contributed by atoms with E-state index in [1.807, 2.05) is 4.68 Å². The fraction of sp³-hybridized carbons (Fsp3) is 0.733. The number of aliphatic hydroxyl groups is 1. The van der Waals surface area contributed by atoms with Crippen molar-refractivity contribution < 1.29 is 9.84 Å². The molecule has 24 heavy (non-hydrogen) atoms. The highest BCUT2D eigenvalue weighted by atomic mass is 35.5. The van der Waals surface area contributed by atoms with Crippen molar-refractivity contribution in [1.29, 1.82) is 0 Å². The normalized spacial score (nSPS) is 24.1. The Morgan fingerprint density at radius 1 is 1.38 bits per heavy atom. The molecule has 2 heterocycles. The van der Waals surface area contributed by atoms with E-state index in [4.69, 9.17) is 21.4 Å². The number of thioether (sulfide) groups is 1. The van der Waals surface area contributed by atoms with Gasteiger partial charge < -0.3 is 9.84 Å². The molecule has 9 heteroatoms. The number of halogens is 1. The lowest BCUT2D eigenvalue weighted by Gasteiger charge is -2.15. The summed E-state index contributed by atoms with van der Waals surface area (Å²) in [6.07, 6.45) is 2.94. The SMILES string of the molecule is CCCSc1nc(Cl)c2nnn([C@@H]3C[C@H](OCCO)CC3C)c2n1. The Balaban J connectivity index is 1.87. The van der Waals surface area contributed by atoms with E-state index in [2.05, 4.69) is 34.1 Å². The van der Waals surface area contributed by atoms with E-state index >= 15 is 0 Å². The van der Waals surface area contributed by atoms with E-state index in [1.165, 1.54) is 0 Å². The Bertz CT molecular complexity index is 698. The van der Waals surface area contributed by atoms with Crippen LogP contribution in [-0.2, 0) is 4.74 Å². The molecule has 1 fully saturated rings. The molecular weight excluding hydrogens is 350 g/mol. The monoisotopic (exact) mass is 371 g/mol. The number of hydrogen-bond donors (Lipinski definition) is 1. The molecule has 3 atom stereocenters. The van der Waals surface area contributed by atoms with Gasteiger partial charge >= 0.3 is 0 Å². The molecule has 0 aromatic carbocycles. The molecule has 1 unspecified atom stereocenters. The Hall–Kier alpha value is -0.960. The fourth-order valence-electron chi connectivity index (χ4n) is 3.13. The Morgan fingerprint density at radius 3 is 2.96 bits per heavy atom. The zero-order valence-corrected chi connectivity index (χ0v) is 15.4. The van der Waals surface area contributed by atoms with Crippen molar-refractivity contribution in [2.24, 2.45) is 5.92 Å². The Morgan fingerprint density at radius 2 is 2.21 bits per heavy atom. The molecule has 1 aliphatic rings. The van der Waals surface area contributed by atoms with Crippen molar-refractivity contribution in [1.82, 2.24) is 25.0 Å². The van der Waals surface area contributed by atoms with Crippen molar-refractivity contribution >= 4 is 34.5 Å². The van der Waals surface area contributed by atoms with Gasteiger partial charge in [0.15, 0.2) is 21.5 Å². The maximum Gasteiger partial charge on any atom is 0.191 e. The third kappa shape index (κ3) is 3.66. The summed E-state index contributed by atoms with van der Waals surface area (Å²) in [6, 6.07) is 0.161.